The molecule has 0 aliphatic heterocycles. The number of benzene rings is 3. The highest BCUT2D eigenvalue weighted by Gasteiger charge is 2.03. The SMILES string of the molecule is CCc1cccc2c1ccc1cc(C)ccc12. The minimum atomic E-state index is 1.09. The number of hydrogen-bond acceptors (Lipinski definition) is 0. The predicted molar refractivity (Wildman–Crippen MR) is 75.6 cm³/mol. The largest absolute Gasteiger partial charge is 0.0613 e. The van der Waals surface area contributed by atoms with Crippen LogP contribution in [0.15, 0.2) is 48.5 Å². The third kappa shape index (κ3) is 1.61. The summed E-state index contributed by atoms with van der Waals surface area (Å²) in [5.74, 6) is 0. The number of rotatable bonds is 1. The van der Waals surface area contributed by atoms with Crippen LogP contribution in [0.1, 0.15) is 18.1 Å². The summed E-state index contributed by atoms with van der Waals surface area (Å²) in [4.78, 5) is 0. The van der Waals surface area contributed by atoms with E-state index in [1.54, 1.807) is 0 Å². The van der Waals surface area contributed by atoms with Crippen LogP contribution in [0.5, 0.6) is 0 Å². The lowest BCUT2D eigenvalue weighted by molar-refractivity contribution is 1.16. The second-order valence-corrected chi connectivity index (χ2v) is 4.66. The number of hydrogen-bond donors (Lipinski definition) is 0. The molecular weight excluding hydrogens is 204 g/mol. The number of aryl methyl sites for hydroxylation is 2. The van der Waals surface area contributed by atoms with Crippen LogP contribution in [0.25, 0.3) is 21.5 Å². The lowest BCUT2D eigenvalue weighted by Crippen LogP contribution is -1.85. The van der Waals surface area contributed by atoms with Crippen molar-refractivity contribution in [3.05, 3.63) is 59.7 Å². The molecule has 0 spiro atoms. The van der Waals surface area contributed by atoms with Gasteiger partial charge in [-0.3, -0.25) is 0 Å². The Bertz CT molecular complexity index is 693. The standard InChI is InChI=1S/C17H16/c1-3-13-5-4-6-17-15(13)10-8-14-11-12(2)7-9-16(14)17/h4-11H,3H2,1-2H3. The van der Waals surface area contributed by atoms with Gasteiger partial charge in [0.2, 0.25) is 0 Å². The maximum Gasteiger partial charge on any atom is -0.0103 e. The molecule has 0 unspecified atom stereocenters. The first-order valence-corrected chi connectivity index (χ1v) is 6.20. The highest BCUT2D eigenvalue weighted by Crippen LogP contribution is 2.28. The van der Waals surface area contributed by atoms with Crippen LogP contribution in [0.2, 0.25) is 0 Å². The second kappa shape index (κ2) is 3.89. The summed E-state index contributed by atoms with van der Waals surface area (Å²) in [6, 6.07) is 17.8. The first kappa shape index (κ1) is 10.3. The third-order valence-electron chi connectivity index (χ3n) is 3.50. The highest BCUT2D eigenvalue weighted by atomic mass is 14.1. The van der Waals surface area contributed by atoms with E-state index in [-0.39, 0.29) is 0 Å². The Kier molecular flexibility index (Phi) is 2.36. The molecule has 0 amide bonds. The molecule has 0 bridgehead atoms. The molecule has 0 N–H and O–H groups in total. The predicted octanol–water partition coefficient (Wildman–Crippen LogP) is 4.86. The van der Waals surface area contributed by atoms with Crippen LogP contribution >= 0.6 is 0 Å². The molecule has 0 atom stereocenters. The summed E-state index contributed by atoms with van der Waals surface area (Å²) >= 11 is 0. The van der Waals surface area contributed by atoms with Crippen molar-refractivity contribution in [1.82, 2.24) is 0 Å². The highest BCUT2D eigenvalue weighted by molar-refractivity contribution is 6.08. The quantitative estimate of drug-likeness (QED) is 0.513. The van der Waals surface area contributed by atoms with E-state index in [1.807, 2.05) is 0 Å². The summed E-state index contributed by atoms with van der Waals surface area (Å²) in [5, 5.41) is 5.47. The topological polar surface area (TPSA) is 0 Å². The van der Waals surface area contributed by atoms with E-state index in [9.17, 15) is 0 Å². The first-order chi connectivity index (χ1) is 8.29. The number of fused-ring (bicyclic) bond motifs is 3. The molecule has 3 rings (SSSR count). The summed E-state index contributed by atoms with van der Waals surface area (Å²) in [5.41, 5.74) is 2.76. The molecule has 0 heteroatoms. The Morgan fingerprint density at radius 2 is 1.65 bits per heavy atom. The van der Waals surface area contributed by atoms with E-state index in [0.29, 0.717) is 0 Å². The molecular formula is C17H16. The van der Waals surface area contributed by atoms with Crippen molar-refractivity contribution in [2.24, 2.45) is 0 Å². The Morgan fingerprint density at radius 1 is 0.824 bits per heavy atom. The van der Waals surface area contributed by atoms with Gasteiger partial charge in [-0.25, -0.2) is 0 Å². The molecule has 0 nitrogen and oxygen atoms in total. The Hall–Kier alpha value is -1.82. The maximum atomic E-state index is 2.26. The molecule has 3 aromatic rings. The van der Waals surface area contributed by atoms with Gasteiger partial charge in [-0.2, -0.15) is 0 Å². The lowest BCUT2D eigenvalue weighted by Gasteiger charge is -2.08. The van der Waals surface area contributed by atoms with E-state index in [2.05, 4.69) is 62.4 Å². The van der Waals surface area contributed by atoms with Gasteiger partial charge in [0.15, 0.2) is 0 Å². The smallest absolute Gasteiger partial charge is 0.0103 e. The van der Waals surface area contributed by atoms with Crippen molar-refractivity contribution in [2.45, 2.75) is 20.3 Å². The van der Waals surface area contributed by atoms with Crippen molar-refractivity contribution in [3.8, 4) is 0 Å². The zero-order chi connectivity index (χ0) is 11.8. The van der Waals surface area contributed by atoms with Crippen molar-refractivity contribution < 1.29 is 0 Å². The van der Waals surface area contributed by atoms with Gasteiger partial charge in [0.25, 0.3) is 0 Å². The Labute approximate surface area is 102 Å². The molecule has 0 aromatic heterocycles. The van der Waals surface area contributed by atoms with Gasteiger partial charge in [0.1, 0.15) is 0 Å². The van der Waals surface area contributed by atoms with Gasteiger partial charge < -0.3 is 0 Å². The molecule has 84 valence electrons. The minimum absolute atomic E-state index is 1.09. The molecule has 0 saturated heterocycles. The summed E-state index contributed by atoms with van der Waals surface area (Å²) in [6.07, 6.45) is 1.09. The van der Waals surface area contributed by atoms with E-state index < -0.39 is 0 Å². The van der Waals surface area contributed by atoms with Crippen molar-refractivity contribution in [1.29, 1.82) is 0 Å². The molecule has 17 heavy (non-hydrogen) atoms. The van der Waals surface area contributed by atoms with E-state index in [4.69, 9.17) is 0 Å². The van der Waals surface area contributed by atoms with Gasteiger partial charge in [0, 0.05) is 0 Å². The second-order valence-electron chi connectivity index (χ2n) is 4.66. The Balaban J connectivity index is 2.48. The minimum Gasteiger partial charge on any atom is -0.0613 e. The molecule has 0 fully saturated rings. The van der Waals surface area contributed by atoms with Crippen LogP contribution < -0.4 is 0 Å². The lowest BCUT2D eigenvalue weighted by atomic mass is 9.96. The average molecular weight is 220 g/mol. The van der Waals surface area contributed by atoms with Crippen LogP contribution in [0, 0.1) is 6.92 Å². The summed E-state index contributed by atoms with van der Waals surface area (Å²) in [6.45, 7) is 4.36. The summed E-state index contributed by atoms with van der Waals surface area (Å²) < 4.78 is 0. The molecule has 3 aromatic carbocycles. The van der Waals surface area contributed by atoms with Gasteiger partial charge in [-0.05, 0) is 40.5 Å². The molecule has 0 saturated carbocycles. The van der Waals surface area contributed by atoms with Crippen molar-refractivity contribution in [3.63, 3.8) is 0 Å². The average Bonchev–Trinajstić information content (AvgIpc) is 2.37. The maximum absolute atomic E-state index is 2.26. The van der Waals surface area contributed by atoms with E-state index in [1.165, 1.54) is 32.7 Å². The van der Waals surface area contributed by atoms with Crippen molar-refractivity contribution in [2.75, 3.05) is 0 Å². The van der Waals surface area contributed by atoms with Crippen molar-refractivity contribution >= 4 is 21.5 Å². The molecule has 0 aliphatic carbocycles. The van der Waals surface area contributed by atoms with E-state index >= 15 is 0 Å². The fourth-order valence-electron chi connectivity index (χ4n) is 2.59. The normalized spacial score (nSPS) is 11.2. The van der Waals surface area contributed by atoms with Gasteiger partial charge >= 0.3 is 0 Å². The monoisotopic (exact) mass is 220 g/mol. The van der Waals surface area contributed by atoms with Crippen LogP contribution in [0.4, 0.5) is 0 Å². The zero-order valence-corrected chi connectivity index (χ0v) is 10.3. The van der Waals surface area contributed by atoms with Gasteiger partial charge in [0.05, 0.1) is 0 Å². The molecule has 0 aliphatic rings. The Morgan fingerprint density at radius 3 is 2.47 bits per heavy atom. The molecule has 0 radical (unpaired) electrons. The van der Waals surface area contributed by atoms with Crippen LogP contribution in [-0.2, 0) is 6.42 Å². The fourth-order valence-corrected chi connectivity index (χ4v) is 2.59. The van der Waals surface area contributed by atoms with Crippen LogP contribution in [-0.4, -0.2) is 0 Å². The fraction of sp³-hybridized carbons (Fsp3) is 0.176. The zero-order valence-electron chi connectivity index (χ0n) is 10.3. The van der Waals surface area contributed by atoms with Gasteiger partial charge in [-0.15, -0.1) is 0 Å². The summed E-state index contributed by atoms with van der Waals surface area (Å²) in [7, 11) is 0. The first-order valence-electron chi connectivity index (χ1n) is 6.20. The molecule has 0 heterocycles. The van der Waals surface area contributed by atoms with Gasteiger partial charge in [-0.1, -0.05) is 61.0 Å². The van der Waals surface area contributed by atoms with Crippen LogP contribution in [0.3, 0.4) is 0 Å². The third-order valence-corrected chi connectivity index (χ3v) is 3.50. The van der Waals surface area contributed by atoms with E-state index in [0.717, 1.165) is 6.42 Å².